The minimum absolute atomic E-state index is 0.00703. The van der Waals surface area contributed by atoms with Crippen molar-refractivity contribution in [3.63, 3.8) is 0 Å². The summed E-state index contributed by atoms with van der Waals surface area (Å²) in [4.78, 5) is 41.0. The van der Waals surface area contributed by atoms with Crippen LogP contribution < -0.4 is 20.7 Å². The number of nitrogens with zero attached hydrogens (tertiary/aromatic N) is 2. The van der Waals surface area contributed by atoms with Crippen molar-refractivity contribution in [1.29, 1.82) is 0 Å². The summed E-state index contributed by atoms with van der Waals surface area (Å²) in [5.41, 5.74) is -1.43. The Kier molecular flexibility index (Phi) is 8.57. The van der Waals surface area contributed by atoms with Gasteiger partial charge in [-0.05, 0) is 38.9 Å². The van der Waals surface area contributed by atoms with Crippen molar-refractivity contribution in [2.45, 2.75) is 42.1 Å². The Morgan fingerprint density at radius 2 is 2.00 bits per heavy atom. The smallest absolute Gasteiger partial charge is 0.301 e. The Labute approximate surface area is 204 Å². The molecular weight excluding hydrogens is 484 g/mol. The first kappa shape index (κ1) is 26.3. The number of hydrogen-bond donors (Lipinski definition) is 3. The average Bonchev–Trinajstić information content (AvgIpc) is 2.83. The van der Waals surface area contributed by atoms with Gasteiger partial charge in [0.15, 0.2) is 5.03 Å². The number of benzene rings is 1. The van der Waals surface area contributed by atoms with Crippen LogP contribution in [0.15, 0.2) is 35.4 Å². The molecule has 1 aromatic carbocycles. The number of carbonyl (C=O) groups excluding carboxylic acids is 2. The van der Waals surface area contributed by atoms with Crippen LogP contribution in [0.3, 0.4) is 0 Å². The number of piperidine rings is 1. The number of aromatic nitrogens is 1. The highest BCUT2D eigenvalue weighted by Gasteiger charge is 2.42. The van der Waals surface area contributed by atoms with Gasteiger partial charge in [-0.3, -0.25) is 19.7 Å². The van der Waals surface area contributed by atoms with Gasteiger partial charge >= 0.3 is 5.69 Å². The van der Waals surface area contributed by atoms with E-state index < -0.39 is 39.2 Å². The van der Waals surface area contributed by atoms with Gasteiger partial charge in [-0.15, -0.1) is 0 Å². The molecule has 0 bridgehead atoms. The van der Waals surface area contributed by atoms with Gasteiger partial charge in [0.25, 0.3) is 0 Å². The summed E-state index contributed by atoms with van der Waals surface area (Å²) in [5, 5.41) is 19.1. The summed E-state index contributed by atoms with van der Waals surface area (Å²) in [6.45, 7) is 2.29. The summed E-state index contributed by atoms with van der Waals surface area (Å²) in [6.07, 6.45) is 0.566. The van der Waals surface area contributed by atoms with E-state index in [9.17, 15) is 28.5 Å². The predicted molar refractivity (Wildman–Crippen MR) is 124 cm³/mol. The average molecular weight is 510 g/mol. The molecule has 188 valence electrons. The van der Waals surface area contributed by atoms with E-state index in [0.717, 1.165) is 23.9 Å². The standard InChI is InChI=1S/C22H25F2N5O5S/c1-13(35-20-17(29(32)33)5-6-18(27-20)34-2)19(30)28-22(7-9-25-10-8-22)21(31)26-12-14-3-4-15(23)11-16(14)24/h3-6,11,13,25H,7-10,12H2,1-2H3,(H,26,31)(H,28,30). The van der Waals surface area contributed by atoms with Gasteiger partial charge < -0.3 is 20.7 Å². The molecule has 0 spiro atoms. The van der Waals surface area contributed by atoms with Crippen LogP contribution >= 0.6 is 11.8 Å². The van der Waals surface area contributed by atoms with Crippen molar-refractivity contribution in [2.75, 3.05) is 20.2 Å². The van der Waals surface area contributed by atoms with Gasteiger partial charge in [-0.2, -0.15) is 4.98 Å². The number of methoxy groups -OCH3 is 1. The molecule has 1 fully saturated rings. The molecule has 3 N–H and O–H groups in total. The zero-order valence-corrected chi connectivity index (χ0v) is 19.9. The minimum atomic E-state index is -1.26. The number of carbonyl (C=O) groups is 2. The van der Waals surface area contributed by atoms with E-state index in [4.69, 9.17) is 4.74 Å². The summed E-state index contributed by atoms with van der Waals surface area (Å²) >= 11 is 0.871. The third-order valence-corrected chi connectivity index (χ3v) is 6.68. The van der Waals surface area contributed by atoms with Crippen LogP contribution in [0.2, 0.25) is 0 Å². The molecule has 3 rings (SSSR count). The number of nitro groups is 1. The zero-order valence-electron chi connectivity index (χ0n) is 19.1. The number of ether oxygens (including phenoxy) is 1. The second kappa shape index (κ2) is 11.4. The molecule has 1 unspecified atom stereocenters. The first-order chi connectivity index (χ1) is 16.6. The van der Waals surface area contributed by atoms with Crippen molar-refractivity contribution in [1.82, 2.24) is 20.9 Å². The Bertz CT molecular complexity index is 1110. The quantitative estimate of drug-likeness (QED) is 0.266. The molecule has 35 heavy (non-hydrogen) atoms. The molecule has 0 radical (unpaired) electrons. The van der Waals surface area contributed by atoms with E-state index in [1.165, 1.54) is 25.3 Å². The SMILES string of the molecule is COc1ccc([N+](=O)[O-])c(SC(C)C(=O)NC2(C(=O)NCc3ccc(F)cc3F)CCNCC2)n1. The molecule has 1 aliphatic rings. The molecule has 13 heteroatoms. The number of rotatable bonds is 9. The second-order valence-corrected chi connectivity index (χ2v) is 9.26. The number of hydrogen-bond acceptors (Lipinski definition) is 8. The summed E-state index contributed by atoms with van der Waals surface area (Å²) in [6, 6.07) is 5.66. The van der Waals surface area contributed by atoms with Gasteiger partial charge in [-0.1, -0.05) is 17.8 Å². The lowest BCUT2D eigenvalue weighted by Crippen LogP contribution is -2.63. The number of nitrogens with one attached hydrogen (secondary N) is 3. The fourth-order valence-electron chi connectivity index (χ4n) is 3.59. The number of pyridine rings is 1. The Morgan fingerprint density at radius 1 is 1.29 bits per heavy atom. The van der Waals surface area contributed by atoms with E-state index in [1.807, 2.05) is 0 Å². The van der Waals surface area contributed by atoms with E-state index in [1.54, 1.807) is 6.92 Å². The predicted octanol–water partition coefficient (Wildman–Crippen LogP) is 2.31. The Morgan fingerprint density at radius 3 is 2.63 bits per heavy atom. The van der Waals surface area contributed by atoms with E-state index in [-0.39, 0.29) is 41.5 Å². The highest BCUT2D eigenvalue weighted by Crippen LogP contribution is 2.32. The lowest BCUT2D eigenvalue weighted by atomic mass is 9.87. The highest BCUT2D eigenvalue weighted by atomic mass is 32.2. The molecule has 1 saturated heterocycles. The number of halogens is 2. The van der Waals surface area contributed by atoms with Crippen LogP contribution in [0.5, 0.6) is 5.88 Å². The molecule has 1 aliphatic heterocycles. The Hall–Kier alpha value is -3.32. The van der Waals surface area contributed by atoms with Gasteiger partial charge in [-0.25, -0.2) is 8.78 Å². The van der Waals surface area contributed by atoms with Crippen molar-refractivity contribution in [3.8, 4) is 5.88 Å². The van der Waals surface area contributed by atoms with Crippen molar-refractivity contribution in [3.05, 3.63) is 57.6 Å². The van der Waals surface area contributed by atoms with Gasteiger partial charge in [0.1, 0.15) is 17.2 Å². The molecule has 2 amide bonds. The number of amides is 2. The van der Waals surface area contributed by atoms with Crippen LogP contribution in [0, 0.1) is 21.7 Å². The van der Waals surface area contributed by atoms with E-state index >= 15 is 0 Å². The summed E-state index contributed by atoms with van der Waals surface area (Å²) in [7, 11) is 1.37. The van der Waals surface area contributed by atoms with Crippen LogP contribution in [-0.4, -0.2) is 52.7 Å². The molecular formula is C22H25F2N5O5S. The van der Waals surface area contributed by atoms with Crippen LogP contribution in [0.25, 0.3) is 0 Å². The topological polar surface area (TPSA) is 135 Å². The van der Waals surface area contributed by atoms with Gasteiger partial charge in [0.05, 0.1) is 17.3 Å². The summed E-state index contributed by atoms with van der Waals surface area (Å²) in [5.74, 6) is -2.37. The van der Waals surface area contributed by atoms with E-state index in [2.05, 4.69) is 20.9 Å². The van der Waals surface area contributed by atoms with Crippen LogP contribution in [0.1, 0.15) is 25.3 Å². The normalized spacial score (nSPS) is 15.7. The molecule has 0 aliphatic carbocycles. The van der Waals surface area contributed by atoms with Crippen molar-refractivity contribution < 1.29 is 28.0 Å². The molecule has 0 saturated carbocycles. The lowest BCUT2D eigenvalue weighted by molar-refractivity contribution is -0.388. The maximum absolute atomic E-state index is 14.0. The molecule has 2 aromatic rings. The third kappa shape index (κ3) is 6.42. The fourth-order valence-corrected chi connectivity index (χ4v) is 4.49. The molecule has 10 nitrogen and oxygen atoms in total. The Balaban J connectivity index is 1.73. The summed E-state index contributed by atoms with van der Waals surface area (Å²) < 4.78 is 32.1. The van der Waals surface area contributed by atoms with E-state index in [0.29, 0.717) is 13.1 Å². The number of thioether (sulfide) groups is 1. The minimum Gasteiger partial charge on any atom is -0.481 e. The zero-order chi connectivity index (χ0) is 25.6. The molecule has 2 heterocycles. The lowest BCUT2D eigenvalue weighted by Gasteiger charge is -2.37. The monoisotopic (exact) mass is 509 g/mol. The molecule has 1 aromatic heterocycles. The third-order valence-electron chi connectivity index (χ3n) is 5.59. The largest absolute Gasteiger partial charge is 0.481 e. The maximum atomic E-state index is 14.0. The van der Waals surface area contributed by atoms with Crippen LogP contribution in [0.4, 0.5) is 14.5 Å². The first-order valence-electron chi connectivity index (χ1n) is 10.8. The van der Waals surface area contributed by atoms with Crippen molar-refractivity contribution >= 4 is 29.3 Å². The highest BCUT2D eigenvalue weighted by molar-refractivity contribution is 8.00. The fraction of sp³-hybridized carbons (Fsp3) is 0.409. The van der Waals surface area contributed by atoms with Crippen LogP contribution in [-0.2, 0) is 16.1 Å². The van der Waals surface area contributed by atoms with Gasteiger partial charge in [0.2, 0.25) is 17.7 Å². The van der Waals surface area contributed by atoms with Crippen molar-refractivity contribution in [2.24, 2.45) is 0 Å². The molecule has 1 atom stereocenters. The maximum Gasteiger partial charge on any atom is 0.301 e. The second-order valence-electron chi connectivity index (χ2n) is 7.93. The van der Waals surface area contributed by atoms with Gasteiger partial charge in [0, 0.05) is 30.3 Å². The first-order valence-corrected chi connectivity index (χ1v) is 11.6.